The van der Waals surface area contributed by atoms with E-state index in [1.54, 1.807) is 31.4 Å². The minimum absolute atomic E-state index is 0.0230. The van der Waals surface area contributed by atoms with Gasteiger partial charge in [0.25, 0.3) is 5.91 Å². The third-order valence-corrected chi connectivity index (χ3v) is 3.71. The topological polar surface area (TPSA) is 51.5 Å². The molecule has 118 valence electrons. The Bertz CT molecular complexity index is 772. The maximum Gasteiger partial charge on any atom is 0.251 e. The average molecular weight is 309 g/mol. The Morgan fingerprint density at radius 3 is 2.61 bits per heavy atom. The summed E-state index contributed by atoms with van der Waals surface area (Å²) in [7, 11) is 1.60. The number of methoxy groups -OCH3 is 1. The number of fused-ring (bicyclic) bond motifs is 1. The Morgan fingerprint density at radius 1 is 1.17 bits per heavy atom. The highest BCUT2D eigenvalue weighted by atomic mass is 16.5. The van der Waals surface area contributed by atoms with Crippen LogP contribution in [0.4, 0.5) is 0 Å². The summed E-state index contributed by atoms with van der Waals surface area (Å²) >= 11 is 0. The second-order valence-electron chi connectivity index (χ2n) is 5.56. The van der Waals surface area contributed by atoms with Crippen LogP contribution in [-0.4, -0.2) is 19.1 Å². The highest BCUT2D eigenvalue weighted by molar-refractivity contribution is 5.94. The van der Waals surface area contributed by atoms with E-state index in [1.807, 2.05) is 37.3 Å². The van der Waals surface area contributed by atoms with Crippen molar-refractivity contribution >= 4 is 16.9 Å². The van der Waals surface area contributed by atoms with Crippen molar-refractivity contribution in [1.82, 2.24) is 5.32 Å². The SMILES string of the molecule is COc1ccc(C(=O)N[C@H](C)Cc2cc3ccccc3o2)cc1. The Hall–Kier alpha value is -2.75. The first-order valence-electron chi connectivity index (χ1n) is 7.58. The fourth-order valence-electron chi connectivity index (χ4n) is 2.54. The molecule has 1 N–H and O–H groups in total. The van der Waals surface area contributed by atoms with Gasteiger partial charge in [-0.05, 0) is 43.3 Å². The molecule has 3 rings (SSSR count). The molecule has 0 unspecified atom stereocenters. The van der Waals surface area contributed by atoms with E-state index in [4.69, 9.17) is 9.15 Å². The lowest BCUT2D eigenvalue weighted by Gasteiger charge is -2.12. The van der Waals surface area contributed by atoms with E-state index in [1.165, 1.54) is 0 Å². The molecule has 4 nitrogen and oxygen atoms in total. The summed E-state index contributed by atoms with van der Waals surface area (Å²) in [6, 6.07) is 16.9. The summed E-state index contributed by atoms with van der Waals surface area (Å²) in [4.78, 5) is 12.2. The quantitative estimate of drug-likeness (QED) is 0.780. The Morgan fingerprint density at radius 2 is 1.91 bits per heavy atom. The van der Waals surface area contributed by atoms with Crippen LogP contribution in [0.3, 0.4) is 0 Å². The van der Waals surface area contributed by atoms with E-state index in [9.17, 15) is 4.79 Å². The van der Waals surface area contributed by atoms with E-state index in [-0.39, 0.29) is 11.9 Å². The van der Waals surface area contributed by atoms with E-state index >= 15 is 0 Å². The molecule has 0 radical (unpaired) electrons. The van der Waals surface area contributed by atoms with Gasteiger partial charge in [0.15, 0.2) is 0 Å². The summed E-state index contributed by atoms with van der Waals surface area (Å²) in [6.45, 7) is 1.97. The van der Waals surface area contributed by atoms with Crippen molar-refractivity contribution in [3.8, 4) is 5.75 Å². The molecular weight excluding hydrogens is 290 g/mol. The molecule has 0 bridgehead atoms. The zero-order valence-corrected chi connectivity index (χ0v) is 13.2. The predicted molar refractivity (Wildman–Crippen MR) is 89.8 cm³/mol. The molecule has 0 spiro atoms. The highest BCUT2D eigenvalue weighted by Gasteiger charge is 2.12. The molecule has 1 atom stereocenters. The minimum atomic E-state index is -0.101. The normalized spacial score (nSPS) is 12.1. The van der Waals surface area contributed by atoms with Crippen LogP contribution in [0.25, 0.3) is 11.0 Å². The number of hydrogen-bond acceptors (Lipinski definition) is 3. The summed E-state index contributed by atoms with van der Waals surface area (Å²) in [5.41, 5.74) is 1.48. The molecule has 0 aliphatic heterocycles. The lowest BCUT2D eigenvalue weighted by molar-refractivity contribution is 0.0939. The van der Waals surface area contributed by atoms with Gasteiger partial charge in [-0.3, -0.25) is 4.79 Å². The number of carbonyl (C=O) groups excluding carboxylic acids is 1. The average Bonchev–Trinajstić information content (AvgIpc) is 2.96. The van der Waals surface area contributed by atoms with Gasteiger partial charge < -0.3 is 14.5 Å². The molecule has 23 heavy (non-hydrogen) atoms. The number of amides is 1. The Labute approximate surface area is 135 Å². The first-order valence-corrected chi connectivity index (χ1v) is 7.58. The number of hydrogen-bond donors (Lipinski definition) is 1. The predicted octanol–water partition coefficient (Wildman–Crippen LogP) is 3.80. The lowest BCUT2D eigenvalue weighted by atomic mass is 10.1. The Balaban J connectivity index is 1.63. The van der Waals surface area contributed by atoms with Gasteiger partial charge in [0.2, 0.25) is 0 Å². The largest absolute Gasteiger partial charge is 0.497 e. The summed E-state index contributed by atoms with van der Waals surface area (Å²) in [6.07, 6.45) is 0.649. The first kappa shape index (κ1) is 15.2. The van der Waals surface area contributed by atoms with Crippen LogP contribution in [0.2, 0.25) is 0 Å². The van der Waals surface area contributed by atoms with Gasteiger partial charge in [-0.2, -0.15) is 0 Å². The molecule has 0 aliphatic rings. The monoisotopic (exact) mass is 309 g/mol. The third-order valence-electron chi connectivity index (χ3n) is 3.71. The van der Waals surface area contributed by atoms with Crippen molar-refractivity contribution in [1.29, 1.82) is 0 Å². The van der Waals surface area contributed by atoms with Crippen LogP contribution in [0, 0.1) is 0 Å². The van der Waals surface area contributed by atoms with E-state index in [0.717, 1.165) is 22.5 Å². The standard InChI is InChI=1S/C19H19NO3/c1-13(11-17-12-15-5-3-4-6-18(15)23-17)20-19(21)14-7-9-16(22-2)10-8-14/h3-10,12-13H,11H2,1-2H3,(H,20,21)/t13-/m1/s1. The van der Waals surface area contributed by atoms with Crippen LogP contribution in [0.1, 0.15) is 23.0 Å². The summed E-state index contributed by atoms with van der Waals surface area (Å²) < 4.78 is 10.9. The summed E-state index contributed by atoms with van der Waals surface area (Å²) in [5, 5.41) is 4.07. The number of para-hydroxylation sites is 1. The van der Waals surface area contributed by atoms with Crippen molar-refractivity contribution in [3.63, 3.8) is 0 Å². The van der Waals surface area contributed by atoms with E-state index in [2.05, 4.69) is 5.32 Å². The number of benzene rings is 2. The summed E-state index contributed by atoms with van der Waals surface area (Å²) in [5.74, 6) is 1.50. The highest BCUT2D eigenvalue weighted by Crippen LogP contribution is 2.20. The molecule has 0 saturated heterocycles. The van der Waals surface area contributed by atoms with Gasteiger partial charge >= 0.3 is 0 Å². The van der Waals surface area contributed by atoms with Crippen LogP contribution in [-0.2, 0) is 6.42 Å². The van der Waals surface area contributed by atoms with E-state index < -0.39 is 0 Å². The van der Waals surface area contributed by atoms with Gasteiger partial charge in [-0.15, -0.1) is 0 Å². The molecule has 3 aromatic rings. The lowest BCUT2D eigenvalue weighted by Crippen LogP contribution is -2.33. The number of carbonyl (C=O) groups is 1. The second-order valence-corrected chi connectivity index (χ2v) is 5.56. The molecule has 2 aromatic carbocycles. The number of rotatable bonds is 5. The fraction of sp³-hybridized carbons (Fsp3) is 0.211. The zero-order valence-electron chi connectivity index (χ0n) is 13.2. The van der Waals surface area contributed by atoms with Gasteiger partial charge in [0.05, 0.1) is 7.11 Å². The number of ether oxygens (including phenoxy) is 1. The molecule has 1 heterocycles. The molecule has 1 amide bonds. The van der Waals surface area contributed by atoms with Crippen molar-refractivity contribution in [2.24, 2.45) is 0 Å². The second kappa shape index (κ2) is 6.57. The van der Waals surface area contributed by atoms with Crippen LogP contribution in [0.15, 0.2) is 59.0 Å². The van der Waals surface area contributed by atoms with Gasteiger partial charge in [-0.1, -0.05) is 18.2 Å². The van der Waals surface area contributed by atoms with Crippen LogP contribution >= 0.6 is 0 Å². The first-order chi connectivity index (χ1) is 11.2. The van der Waals surface area contributed by atoms with Crippen molar-refractivity contribution in [2.75, 3.05) is 7.11 Å². The maximum absolute atomic E-state index is 12.2. The zero-order chi connectivity index (χ0) is 16.2. The van der Waals surface area contributed by atoms with Gasteiger partial charge in [0, 0.05) is 23.4 Å². The molecule has 0 fully saturated rings. The molecule has 1 aromatic heterocycles. The van der Waals surface area contributed by atoms with Crippen LogP contribution < -0.4 is 10.1 Å². The van der Waals surface area contributed by atoms with Crippen molar-refractivity contribution in [2.45, 2.75) is 19.4 Å². The van der Waals surface area contributed by atoms with Crippen LogP contribution in [0.5, 0.6) is 5.75 Å². The van der Waals surface area contributed by atoms with Crippen molar-refractivity contribution in [3.05, 3.63) is 65.9 Å². The minimum Gasteiger partial charge on any atom is -0.497 e. The smallest absolute Gasteiger partial charge is 0.251 e. The van der Waals surface area contributed by atoms with Gasteiger partial charge in [-0.25, -0.2) is 0 Å². The number of furan rings is 1. The third kappa shape index (κ3) is 3.54. The van der Waals surface area contributed by atoms with E-state index in [0.29, 0.717) is 12.0 Å². The number of nitrogens with one attached hydrogen (secondary N) is 1. The van der Waals surface area contributed by atoms with Crippen molar-refractivity contribution < 1.29 is 13.9 Å². The fourth-order valence-corrected chi connectivity index (χ4v) is 2.54. The molecule has 0 aliphatic carbocycles. The molecular formula is C19H19NO3. The maximum atomic E-state index is 12.2. The Kier molecular flexibility index (Phi) is 4.33. The molecule has 0 saturated carbocycles. The molecule has 4 heteroatoms. The van der Waals surface area contributed by atoms with Gasteiger partial charge in [0.1, 0.15) is 17.1 Å².